The molecule has 0 saturated carbocycles. The number of alkyl halides is 2. The van der Waals surface area contributed by atoms with E-state index in [-0.39, 0.29) is 18.5 Å². The first-order valence-electron chi connectivity index (χ1n) is 5.56. The Morgan fingerprint density at radius 2 is 2.00 bits per heavy atom. The highest BCUT2D eigenvalue weighted by Crippen LogP contribution is 2.31. The zero-order chi connectivity index (χ0) is 13.5. The molecule has 0 aliphatic carbocycles. The number of halogens is 2. The van der Waals surface area contributed by atoms with E-state index >= 15 is 0 Å². The first kappa shape index (κ1) is 14.8. The number of rotatable bonds is 6. The van der Waals surface area contributed by atoms with E-state index in [2.05, 4.69) is 10.6 Å². The average Bonchev–Trinajstić information content (AvgIpc) is 2.26. The minimum absolute atomic E-state index is 0.0602. The van der Waals surface area contributed by atoms with Crippen LogP contribution in [0.2, 0.25) is 0 Å². The summed E-state index contributed by atoms with van der Waals surface area (Å²) in [6, 6.07) is 6.75. The third-order valence-corrected chi connectivity index (χ3v) is 2.78. The Morgan fingerprint density at radius 1 is 1.33 bits per heavy atom. The van der Waals surface area contributed by atoms with E-state index in [9.17, 15) is 13.6 Å². The summed E-state index contributed by atoms with van der Waals surface area (Å²) in [5.74, 6) is -2.64. The number of anilines is 1. The summed E-state index contributed by atoms with van der Waals surface area (Å²) in [6.45, 7) is 3.79. The van der Waals surface area contributed by atoms with Crippen molar-refractivity contribution in [3.8, 4) is 0 Å². The SMILES string of the molecule is CC(C)NC(=O)CNc1ccccc1SC(F)F. The molecule has 2 N–H and O–H groups in total. The molecule has 1 aromatic carbocycles. The van der Waals surface area contributed by atoms with Gasteiger partial charge in [0.25, 0.3) is 5.76 Å². The summed E-state index contributed by atoms with van der Waals surface area (Å²) in [7, 11) is 0. The standard InChI is InChI=1S/C12H16F2N2OS/c1-8(2)16-11(17)7-15-9-5-3-4-6-10(9)18-12(13)14/h3-6,8,12,15H,7H2,1-2H3,(H,16,17). The molecule has 0 bridgehead atoms. The number of hydrogen-bond acceptors (Lipinski definition) is 3. The van der Waals surface area contributed by atoms with E-state index in [1.54, 1.807) is 24.3 Å². The lowest BCUT2D eigenvalue weighted by Gasteiger charge is -2.12. The van der Waals surface area contributed by atoms with Crippen LogP contribution in [0, 0.1) is 0 Å². The number of amides is 1. The fourth-order valence-corrected chi connectivity index (χ4v) is 1.98. The Balaban J connectivity index is 2.58. The second-order valence-corrected chi connectivity index (χ2v) is 4.98. The Hall–Kier alpha value is -1.30. The lowest BCUT2D eigenvalue weighted by Crippen LogP contribution is -2.34. The monoisotopic (exact) mass is 274 g/mol. The number of thioether (sulfide) groups is 1. The summed E-state index contributed by atoms with van der Waals surface area (Å²) in [4.78, 5) is 11.9. The van der Waals surface area contributed by atoms with E-state index in [4.69, 9.17) is 0 Å². The van der Waals surface area contributed by atoms with Gasteiger partial charge in [-0.15, -0.1) is 0 Å². The van der Waals surface area contributed by atoms with Gasteiger partial charge in [-0.05, 0) is 26.0 Å². The van der Waals surface area contributed by atoms with Crippen molar-refractivity contribution >= 4 is 23.4 Å². The van der Waals surface area contributed by atoms with Gasteiger partial charge in [0.05, 0.1) is 6.54 Å². The van der Waals surface area contributed by atoms with Gasteiger partial charge in [0, 0.05) is 16.6 Å². The number of benzene rings is 1. The van der Waals surface area contributed by atoms with Crippen LogP contribution in [0.25, 0.3) is 0 Å². The molecule has 3 nitrogen and oxygen atoms in total. The summed E-state index contributed by atoms with van der Waals surface area (Å²) in [6.07, 6.45) is 0. The van der Waals surface area contributed by atoms with Crippen LogP contribution in [0.4, 0.5) is 14.5 Å². The number of para-hydroxylation sites is 1. The molecule has 0 aliphatic heterocycles. The van der Waals surface area contributed by atoms with Crippen LogP contribution < -0.4 is 10.6 Å². The van der Waals surface area contributed by atoms with Crippen molar-refractivity contribution < 1.29 is 13.6 Å². The molecule has 1 amide bonds. The predicted molar refractivity (Wildman–Crippen MR) is 70.1 cm³/mol. The minimum atomic E-state index is -2.47. The first-order valence-corrected chi connectivity index (χ1v) is 6.44. The Labute approximate surface area is 109 Å². The van der Waals surface area contributed by atoms with Crippen LogP contribution in [0.15, 0.2) is 29.2 Å². The molecule has 0 aliphatic rings. The Kier molecular flexibility index (Phi) is 5.91. The molecule has 0 aromatic heterocycles. The maximum absolute atomic E-state index is 12.3. The highest BCUT2D eigenvalue weighted by Gasteiger charge is 2.10. The van der Waals surface area contributed by atoms with E-state index in [0.29, 0.717) is 22.3 Å². The number of carbonyl (C=O) groups is 1. The Morgan fingerprint density at radius 3 is 2.61 bits per heavy atom. The minimum Gasteiger partial charge on any atom is -0.375 e. The molecule has 0 atom stereocenters. The van der Waals surface area contributed by atoms with Gasteiger partial charge >= 0.3 is 0 Å². The van der Waals surface area contributed by atoms with Gasteiger partial charge in [-0.3, -0.25) is 4.79 Å². The molecular weight excluding hydrogens is 258 g/mol. The van der Waals surface area contributed by atoms with E-state index in [0.717, 1.165) is 0 Å². The largest absolute Gasteiger partial charge is 0.375 e. The highest BCUT2D eigenvalue weighted by atomic mass is 32.2. The van der Waals surface area contributed by atoms with Gasteiger partial charge < -0.3 is 10.6 Å². The zero-order valence-corrected chi connectivity index (χ0v) is 11.1. The zero-order valence-electron chi connectivity index (χ0n) is 10.2. The second kappa shape index (κ2) is 7.20. The molecule has 0 spiro atoms. The van der Waals surface area contributed by atoms with Crippen molar-refractivity contribution in [1.29, 1.82) is 0 Å². The first-order chi connectivity index (χ1) is 8.49. The Bertz CT molecular complexity index is 399. The maximum Gasteiger partial charge on any atom is 0.288 e. The molecular formula is C12H16F2N2OS. The van der Waals surface area contributed by atoms with Crippen molar-refractivity contribution in [3.63, 3.8) is 0 Å². The lowest BCUT2D eigenvalue weighted by molar-refractivity contribution is -0.119. The molecule has 1 aromatic rings. The van der Waals surface area contributed by atoms with Crippen LogP contribution in [0.1, 0.15) is 13.8 Å². The van der Waals surface area contributed by atoms with Gasteiger partial charge in [-0.25, -0.2) is 0 Å². The molecule has 0 radical (unpaired) electrons. The maximum atomic E-state index is 12.3. The van der Waals surface area contributed by atoms with Crippen molar-refractivity contribution in [2.75, 3.05) is 11.9 Å². The molecule has 18 heavy (non-hydrogen) atoms. The summed E-state index contributed by atoms with van der Waals surface area (Å²) < 4.78 is 24.7. The summed E-state index contributed by atoms with van der Waals surface area (Å²) >= 11 is 0.463. The van der Waals surface area contributed by atoms with Crippen molar-refractivity contribution in [2.24, 2.45) is 0 Å². The molecule has 1 rings (SSSR count). The van der Waals surface area contributed by atoms with E-state index < -0.39 is 5.76 Å². The second-order valence-electron chi connectivity index (χ2n) is 3.95. The van der Waals surface area contributed by atoms with Crippen molar-refractivity contribution in [1.82, 2.24) is 5.32 Å². The third-order valence-electron chi connectivity index (χ3n) is 1.99. The van der Waals surface area contributed by atoms with Crippen LogP contribution in [0.3, 0.4) is 0 Å². The summed E-state index contributed by atoms with van der Waals surface area (Å²) in [5.41, 5.74) is 0.543. The van der Waals surface area contributed by atoms with Crippen molar-refractivity contribution in [2.45, 2.75) is 30.5 Å². The molecule has 0 saturated heterocycles. The smallest absolute Gasteiger partial charge is 0.288 e. The average molecular weight is 274 g/mol. The lowest BCUT2D eigenvalue weighted by atomic mass is 10.3. The van der Waals surface area contributed by atoms with Gasteiger partial charge in [-0.2, -0.15) is 8.78 Å². The van der Waals surface area contributed by atoms with Crippen LogP contribution in [0.5, 0.6) is 0 Å². The fraction of sp³-hybridized carbons (Fsp3) is 0.417. The van der Waals surface area contributed by atoms with Gasteiger partial charge in [-0.1, -0.05) is 23.9 Å². The van der Waals surface area contributed by atoms with Crippen molar-refractivity contribution in [3.05, 3.63) is 24.3 Å². The quantitative estimate of drug-likeness (QED) is 0.784. The highest BCUT2D eigenvalue weighted by molar-refractivity contribution is 7.99. The molecule has 0 heterocycles. The van der Waals surface area contributed by atoms with E-state index in [1.165, 1.54) is 0 Å². The van der Waals surface area contributed by atoms with Crippen LogP contribution in [-0.4, -0.2) is 24.3 Å². The van der Waals surface area contributed by atoms with Gasteiger partial charge in [0.15, 0.2) is 0 Å². The van der Waals surface area contributed by atoms with Gasteiger partial charge in [0.2, 0.25) is 5.91 Å². The predicted octanol–water partition coefficient (Wildman–Crippen LogP) is 2.94. The van der Waals surface area contributed by atoms with Gasteiger partial charge in [0.1, 0.15) is 0 Å². The van der Waals surface area contributed by atoms with Crippen LogP contribution in [-0.2, 0) is 4.79 Å². The third kappa shape index (κ3) is 5.35. The van der Waals surface area contributed by atoms with E-state index in [1.807, 2.05) is 13.8 Å². The molecule has 0 fully saturated rings. The molecule has 100 valence electrons. The normalized spacial score (nSPS) is 10.8. The van der Waals surface area contributed by atoms with Crippen LogP contribution >= 0.6 is 11.8 Å². The molecule has 0 unspecified atom stereocenters. The molecule has 6 heteroatoms. The topological polar surface area (TPSA) is 41.1 Å². The number of hydrogen-bond donors (Lipinski definition) is 2. The fourth-order valence-electron chi connectivity index (χ4n) is 1.36. The number of nitrogens with one attached hydrogen (secondary N) is 2. The summed E-state index contributed by atoms with van der Waals surface area (Å²) in [5, 5.41) is 5.57. The number of carbonyl (C=O) groups excluding carboxylic acids is 1.